The number of rotatable bonds is 4. The van der Waals surface area contributed by atoms with Gasteiger partial charge in [0, 0.05) is 17.8 Å². The molecule has 0 spiro atoms. The molecule has 0 saturated heterocycles. The topological polar surface area (TPSA) is 55.1 Å². The molecule has 3 nitrogen and oxygen atoms in total. The second-order valence-corrected chi connectivity index (χ2v) is 4.83. The van der Waals surface area contributed by atoms with Gasteiger partial charge in [-0.1, -0.05) is 25.3 Å². The third-order valence-corrected chi connectivity index (χ3v) is 3.47. The molecule has 1 aromatic rings. The van der Waals surface area contributed by atoms with Gasteiger partial charge in [-0.2, -0.15) is 0 Å². The van der Waals surface area contributed by atoms with Crippen molar-refractivity contribution in [3.8, 4) is 0 Å². The van der Waals surface area contributed by atoms with E-state index in [1.807, 2.05) is 18.2 Å². The van der Waals surface area contributed by atoms with Crippen LogP contribution in [0.1, 0.15) is 42.5 Å². The molecule has 1 aliphatic carbocycles. The monoisotopic (exact) mass is 232 g/mol. The van der Waals surface area contributed by atoms with Crippen LogP contribution in [-0.2, 0) is 0 Å². The van der Waals surface area contributed by atoms with Crippen molar-refractivity contribution in [1.82, 2.24) is 0 Å². The van der Waals surface area contributed by atoms with E-state index in [-0.39, 0.29) is 5.91 Å². The van der Waals surface area contributed by atoms with Gasteiger partial charge in [-0.05, 0) is 37.0 Å². The Morgan fingerprint density at radius 2 is 2.06 bits per heavy atom. The van der Waals surface area contributed by atoms with E-state index < -0.39 is 0 Å². The van der Waals surface area contributed by atoms with Crippen molar-refractivity contribution in [2.45, 2.75) is 32.1 Å². The van der Waals surface area contributed by atoms with Gasteiger partial charge in [0.05, 0.1) is 0 Å². The fourth-order valence-electron chi connectivity index (χ4n) is 2.44. The summed E-state index contributed by atoms with van der Waals surface area (Å²) in [5, 5.41) is 3.40. The van der Waals surface area contributed by atoms with Crippen LogP contribution in [-0.4, -0.2) is 12.5 Å². The average Bonchev–Trinajstić information content (AvgIpc) is 2.38. The summed E-state index contributed by atoms with van der Waals surface area (Å²) in [5.41, 5.74) is 6.82. The van der Waals surface area contributed by atoms with Gasteiger partial charge < -0.3 is 11.1 Å². The highest BCUT2D eigenvalue weighted by molar-refractivity contribution is 5.93. The lowest BCUT2D eigenvalue weighted by atomic mass is 9.89. The first-order chi connectivity index (χ1) is 8.25. The summed E-state index contributed by atoms with van der Waals surface area (Å²) in [6, 6.07) is 7.41. The Labute approximate surface area is 102 Å². The van der Waals surface area contributed by atoms with Gasteiger partial charge in [0.25, 0.3) is 0 Å². The minimum Gasteiger partial charge on any atom is -0.385 e. The number of carbonyl (C=O) groups is 1. The largest absolute Gasteiger partial charge is 0.385 e. The number of amides is 1. The van der Waals surface area contributed by atoms with Crippen molar-refractivity contribution in [3.63, 3.8) is 0 Å². The van der Waals surface area contributed by atoms with Crippen molar-refractivity contribution in [3.05, 3.63) is 29.8 Å². The standard InChI is InChI=1S/C14H20N2O/c15-14(17)12-7-4-8-13(9-12)16-10-11-5-2-1-3-6-11/h4,7-9,11,16H,1-3,5-6,10H2,(H2,15,17). The fourth-order valence-corrected chi connectivity index (χ4v) is 2.44. The molecule has 1 fully saturated rings. The fraction of sp³-hybridized carbons (Fsp3) is 0.500. The van der Waals surface area contributed by atoms with Gasteiger partial charge in [0.15, 0.2) is 0 Å². The Balaban J connectivity index is 1.89. The lowest BCUT2D eigenvalue weighted by Crippen LogP contribution is -2.17. The van der Waals surface area contributed by atoms with Gasteiger partial charge in [0.2, 0.25) is 5.91 Å². The molecule has 2 rings (SSSR count). The number of nitrogens with two attached hydrogens (primary N) is 1. The predicted molar refractivity (Wildman–Crippen MR) is 70.0 cm³/mol. The first-order valence-corrected chi connectivity index (χ1v) is 6.39. The molecule has 17 heavy (non-hydrogen) atoms. The normalized spacial score (nSPS) is 16.7. The minimum absolute atomic E-state index is 0.369. The zero-order valence-corrected chi connectivity index (χ0v) is 10.1. The molecule has 1 aromatic carbocycles. The van der Waals surface area contributed by atoms with Crippen molar-refractivity contribution < 1.29 is 4.79 Å². The number of nitrogens with one attached hydrogen (secondary N) is 1. The summed E-state index contributed by atoms with van der Waals surface area (Å²) >= 11 is 0. The molecule has 0 aromatic heterocycles. The maximum Gasteiger partial charge on any atom is 0.248 e. The molecular formula is C14H20N2O. The third-order valence-electron chi connectivity index (χ3n) is 3.47. The number of anilines is 1. The van der Waals surface area contributed by atoms with Crippen LogP contribution < -0.4 is 11.1 Å². The average molecular weight is 232 g/mol. The molecule has 0 unspecified atom stereocenters. The van der Waals surface area contributed by atoms with E-state index in [0.29, 0.717) is 5.56 Å². The number of primary amides is 1. The van der Waals surface area contributed by atoms with Crippen LogP contribution in [0.25, 0.3) is 0 Å². The van der Waals surface area contributed by atoms with Gasteiger partial charge in [0.1, 0.15) is 0 Å². The van der Waals surface area contributed by atoms with E-state index >= 15 is 0 Å². The Bertz CT molecular complexity index is 384. The van der Waals surface area contributed by atoms with Crippen LogP contribution in [0.4, 0.5) is 5.69 Å². The molecule has 1 aliphatic rings. The molecule has 0 heterocycles. The van der Waals surface area contributed by atoms with Crippen molar-refractivity contribution in [1.29, 1.82) is 0 Å². The second kappa shape index (κ2) is 5.71. The summed E-state index contributed by atoms with van der Waals surface area (Å²) in [6.07, 6.45) is 6.74. The maximum atomic E-state index is 11.1. The molecule has 0 aliphatic heterocycles. The van der Waals surface area contributed by atoms with Crippen molar-refractivity contribution in [2.75, 3.05) is 11.9 Å². The van der Waals surface area contributed by atoms with Crippen LogP contribution in [0.2, 0.25) is 0 Å². The smallest absolute Gasteiger partial charge is 0.248 e. The van der Waals surface area contributed by atoms with E-state index in [9.17, 15) is 4.79 Å². The molecule has 0 atom stereocenters. The zero-order chi connectivity index (χ0) is 12.1. The molecule has 1 saturated carbocycles. The Hall–Kier alpha value is -1.51. The maximum absolute atomic E-state index is 11.1. The van der Waals surface area contributed by atoms with Gasteiger partial charge >= 0.3 is 0 Å². The molecule has 0 radical (unpaired) electrons. The Kier molecular flexibility index (Phi) is 4.02. The van der Waals surface area contributed by atoms with Crippen LogP contribution in [0.5, 0.6) is 0 Å². The third kappa shape index (κ3) is 3.48. The lowest BCUT2D eigenvalue weighted by molar-refractivity contribution is 0.100. The van der Waals surface area contributed by atoms with E-state index in [1.54, 1.807) is 6.07 Å². The van der Waals surface area contributed by atoms with Crippen molar-refractivity contribution >= 4 is 11.6 Å². The van der Waals surface area contributed by atoms with Gasteiger partial charge in [-0.3, -0.25) is 4.79 Å². The van der Waals surface area contributed by atoms with E-state index in [4.69, 9.17) is 5.73 Å². The van der Waals surface area contributed by atoms with E-state index in [1.165, 1.54) is 32.1 Å². The molecule has 92 valence electrons. The lowest BCUT2D eigenvalue weighted by Gasteiger charge is -2.22. The predicted octanol–water partition coefficient (Wildman–Crippen LogP) is 2.78. The van der Waals surface area contributed by atoms with E-state index in [0.717, 1.165) is 18.2 Å². The van der Waals surface area contributed by atoms with Crippen LogP contribution >= 0.6 is 0 Å². The molecule has 0 bridgehead atoms. The second-order valence-electron chi connectivity index (χ2n) is 4.83. The van der Waals surface area contributed by atoms with Crippen LogP contribution in [0.15, 0.2) is 24.3 Å². The Morgan fingerprint density at radius 3 is 2.76 bits per heavy atom. The highest BCUT2D eigenvalue weighted by Gasteiger charge is 2.12. The number of hydrogen-bond acceptors (Lipinski definition) is 2. The summed E-state index contributed by atoms with van der Waals surface area (Å²) < 4.78 is 0. The van der Waals surface area contributed by atoms with Crippen LogP contribution in [0.3, 0.4) is 0 Å². The first-order valence-electron chi connectivity index (χ1n) is 6.39. The zero-order valence-electron chi connectivity index (χ0n) is 10.1. The van der Waals surface area contributed by atoms with Gasteiger partial charge in [-0.15, -0.1) is 0 Å². The SMILES string of the molecule is NC(=O)c1cccc(NCC2CCCCC2)c1. The number of hydrogen-bond donors (Lipinski definition) is 2. The highest BCUT2D eigenvalue weighted by Crippen LogP contribution is 2.24. The number of carbonyl (C=O) groups excluding carboxylic acids is 1. The number of benzene rings is 1. The Morgan fingerprint density at radius 1 is 1.29 bits per heavy atom. The summed E-state index contributed by atoms with van der Waals surface area (Å²) in [6.45, 7) is 1.00. The minimum atomic E-state index is -0.369. The van der Waals surface area contributed by atoms with Gasteiger partial charge in [-0.25, -0.2) is 0 Å². The van der Waals surface area contributed by atoms with E-state index in [2.05, 4.69) is 5.32 Å². The summed E-state index contributed by atoms with van der Waals surface area (Å²) in [5.74, 6) is 0.410. The summed E-state index contributed by atoms with van der Waals surface area (Å²) in [4.78, 5) is 11.1. The quantitative estimate of drug-likeness (QED) is 0.838. The molecular weight excluding hydrogens is 212 g/mol. The first kappa shape index (κ1) is 12.0. The molecule has 3 heteroatoms. The van der Waals surface area contributed by atoms with Crippen molar-refractivity contribution in [2.24, 2.45) is 11.7 Å². The van der Waals surface area contributed by atoms with Crippen LogP contribution in [0, 0.1) is 5.92 Å². The highest BCUT2D eigenvalue weighted by atomic mass is 16.1. The molecule has 1 amide bonds. The molecule has 3 N–H and O–H groups in total. The summed E-state index contributed by atoms with van der Waals surface area (Å²) in [7, 11) is 0.